The molecule has 0 aliphatic heterocycles. The van der Waals surface area contributed by atoms with Gasteiger partial charge >= 0.3 is 0 Å². The first-order valence-corrected chi connectivity index (χ1v) is 5.40. The third kappa shape index (κ3) is 4.12. The maximum atomic E-state index is 11.6. The molecule has 0 aromatic carbocycles. The second-order valence-corrected chi connectivity index (χ2v) is 3.36. The van der Waals surface area contributed by atoms with Crippen LogP contribution in [0, 0.1) is 0 Å². The summed E-state index contributed by atoms with van der Waals surface area (Å²) in [6, 6.07) is 0. The van der Waals surface area contributed by atoms with E-state index in [2.05, 4.69) is 5.10 Å². The first-order chi connectivity index (χ1) is 7.77. The van der Waals surface area contributed by atoms with Crippen molar-refractivity contribution >= 4 is 5.78 Å². The van der Waals surface area contributed by atoms with E-state index in [9.17, 15) is 4.79 Å². The van der Waals surface area contributed by atoms with Gasteiger partial charge in [0.1, 0.15) is 0 Å². The lowest BCUT2D eigenvalue weighted by atomic mass is 10.2. The zero-order valence-corrected chi connectivity index (χ0v) is 9.81. The van der Waals surface area contributed by atoms with Crippen molar-refractivity contribution in [2.75, 3.05) is 26.9 Å². The highest BCUT2D eigenvalue weighted by Gasteiger charge is 2.07. The maximum absolute atomic E-state index is 11.6. The number of methoxy groups -OCH3 is 1. The van der Waals surface area contributed by atoms with E-state index in [4.69, 9.17) is 9.47 Å². The standard InChI is InChI=1S/C11H18N2O3/c1-3-13-9-10(8-12-13)11(14)4-5-16-7-6-15-2/h8-9H,3-7H2,1-2H3. The number of hydrogen-bond acceptors (Lipinski definition) is 4. The van der Waals surface area contributed by atoms with Crippen molar-refractivity contribution in [1.82, 2.24) is 9.78 Å². The molecular formula is C11H18N2O3. The molecule has 0 aliphatic rings. The minimum absolute atomic E-state index is 0.0668. The van der Waals surface area contributed by atoms with Crippen molar-refractivity contribution in [3.8, 4) is 0 Å². The molecule has 16 heavy (non-hydrogen) atoms. The minimum Gasteiger partial charge on any atom is -0.382 e. The number of Topliss-reactive ketones (excluding diaryl/α,β-unsaturated/α-hetero) is 1. The Bertz CT molecular complexity index is 323. The lowest BCUT2D eigenvalue weighted by molar-refractivity contribution is 0.0641. The Kier molecular flexibility index (Phi) is 5.74. The zero-order chi connectivity index (χ0) is 11.8. The van der Waals surface area contributed by atoms with Crippen molar-refractivity contribution in [2.45, 2.75) is 19.9 Å². The number of ether oxygens (including phenoxy) is 2. The Balaban J connectivity index is 2.24. The average molecular weight is 226 g/mol. The molecule has 1 heterocycles. The zero-order valence-electron chi connectivity index (χ0n) is 9.81. The van der Waals surface area contributed by atoms with Crippen LogP contribution in [0.25, 0.3) is 0 Å². The van der Waals surface area contributed by atoms with Crippen LogP contribution in [0.5, 0.6) is 0 Å². The third-order valence-electron chi connectivity index (χ3n) is 2.18. The summed E-state index contributed by atoms with van der Waals surface area (Å²) in [4.78, 5) is 11.6. The van der Waals surface area contributed by atoms with E-state index in [0.717, 1.165) is 6.54 Å². The van der Waals surface area contributed by atoms with Crippen molar-refractivity contribution < 1.29 is 14.3 Å². The number of ketones is 1. The van der Waals surface area contributed by atoms with Gasteiger partial charge in [-0.15, -0.1) is 0 Å². The van der Waals surface area contributed by atoms with E-state index in [1.54, 1.807) is 24.2 Å². The summed E-state index contributed by atoms with van der Waals surface area (Å²) in [5, 5.41) is 4.05. The molecule has 1 rings (SSSR count). The summed E-state index contributed by atoms with van der Waals surface area (Å²) >= 11 is 0. The molecule has 0 saturated carbocycles. The largest absolute Gasteiger partial charge is 0.382 e. The van der Waals surface area contributed by atoms with Crippen LogP contribution >= 0.6 is 0 Å². The minimum atomic E-state index is 0.0668. The number of aryl methyl sites for hydroxylation is 1. The quantitative estimate of drug-likeness (QED) is 0.492. The predicted molar refractivity (Wildman–Crippen MR) is 59.5 cm³/mol. The van der Waals surface area contributed by atoms with Gasteiger partial charge in [-0.25, -0.2) is 0 Å². The Labute approximate surface area is 95.3 Å². The molecule has 1 aromatic heterocycles. The van der Waals surface area contributed by atoms with Crippen LogP contribution in [-0.4, -0.2) is 42.5 Å². The Hall–Kier alpha value is -1.20. The van der Waals surface area contributed by atoms with Crippen molar-refractivity contribution in [3.05, 3.63) is 18.0 Å². The van der Waals surface area contributed by atoms with Crippen molar-refractivity contribution in [2.24, 2.45) is 0 Å². The van der Waals surface area contributed by atoms with E-state index >= 15 is 0 Å². The highest BCUT2D eigenvalue weighted by molar-refractivity contribution is 5.95. The fourth-order valence-electron chi connectivity index (χ4n) is 1.23. The molecule has 1 aromatic rings. The molecule has 0 bridgehead atoms. The molecular weight excluding hydrogens is 208 g/mol. The van der Waals surface area contributed by atoms with E-state index in [0.29, 0.717) is 31.8 Å². The highest BCUT2D eigenvalue weighted by Crippen LogP contribution is 2.02. The first-order valence-electron chi connectivity index (χ1n) is 5.40. The monoisotopic (exact) mass is 226 g/mol. The van der Waals surface area contributed by atoms with Gasteiger partial charge in [-0.2, -0.15) is 5.10 Å². The van der Waals surface area contributed by atoms with Crippen LogP contribution in [-0.2, 0) is 16.0 Å². The SMILES string of the molecule is CCn1cc(C(=O)CCOCCOC)cn1. The van der Waals surface area contributed by atoms with Crippen LogP contribution in [0.1, 0.15) is 23.7 Å². The molecule has 5 nitrogen and oxygen atoms in total. The van der Waals surface area contributed by atoms with E-state index in [-0.39, 0.29) is 5.78 Å². The number of rotatable bonds is 8. The summed E-state index contributed by atoms with van der Waals surface area (Å²) in [6.07, 6.45) is 3.75. The number of nitrogens with zero attached hydrogens (tertiary/aromatic N) is 2. The maximum Gasteiger partial charge on any atom is 0.168 e. The predicted octanol–water partition coefficient (Wildman–Crippen LogP) is 1.14. The normalized spacial score (nSPS) is 10.6. The summed E-state index contributed by atoms with van der Waals surface area (Å²) in [6.45, 7) is 4.27. The molecule has 0 saturated heterocycles. The molecule has 0 radical (unpaired) electrons. The molecule has 0 amide bonds. The summed E-state index contributed by atoms with van der Waals surface area (Å²) in [5.74, 6) is 0.0668. The Morgan fingerprint density at radius 3 is 2.88 bits per heavy atom. The van der Waals surface area contributed by atoms with Gasteiger partial charge in [0.15, 0.2) is 5.78 Å². The molecule has 0 aliphatic carbocycles. The second-order valence-electron chi connectivity index (χ2n) is 3.36. The second kappa shape index (κ2) is 7.14. The summed E-state index contributed by atoms with van der Waals surface area (Å²) in [5.41, 5.74) is 0.650. The van der Waals surface area contributed by atoms with E-state index in [1.165, 1.54) is 0 Å². The lowest BCUT2D eigenvalue weighted by Gasteiger charge is -2.01. The Morgan fingerprint density at radius 2 is 2.25 bits per heavy atom. The van der Waals surface area contributed by atoms with Crippen LogP contribution in [0.4, 0.5) is 0 Å². The molecule has 90 valence electrons. The highest BCUT2D eigenvalue weighted by atomic mass is 16.5. The first kappa shape index (κ1) is 12.9. The van der Waals surface area contributed by atoms with Gasteiger partial charge in [-0.1, -0.05) is 0 Å². The smallest absolute Gasteiger partial charge is 0.168 e. The molecule has 0 unspecified atom stereocenters. The van der Waals surface area contributed by atoms with Gasteiger partial charge < -0.3 is 9.47 Å². The fourth-order valence-corrected chi connectivity index (χ4v) is 1.23. The number of hydrogen-bond donors (Lipinski definition) is 0. The van der Waals surface area contributed by atoms with Crippen LogP contribution < -0.4 is 0 Å². The topological polar surface area (TPSA) is 53.4 Å². The molecule has 5 heteroatoms. The van der Waals surface area contributed by atoms with Crippen LogP contribution in [0.2, 0.25) is 0 Å². The number of carbonyl (C=O) groups is 1. The van der Waals surface area contributed by atoms with Gasteiger partial charge in [0, 0.05) is 26.3 Å². The Morgan fingerprint density at radius 1 is 1.44 bits per heavy atom. The number of carbonyl (C=O) groups excluding carboxylic acids is 1. The van der Waals surface area contributed by atoms with Gasteiger partial charge in [0.2, 0.25) is 0 Å². The lowest BCUT2D eigenvalue weighted by Crippen LogP contribution is -2.07. The molecule has 0 atom stereocenters. The van der Waals surface area contributed by atoms with Crippen molar-refractivity contribution in [1.29, 1.82) is 0 Å². The molecule has 0 N–H and O–H groups in total. The van der Waals surface area contributed by atoms with Gasteiger partial charge in [0.25, 0.3) is 0 Å². The fraction of sp³-hybridized carbons (Fsp3) is 0.636. The van der Waals surface area contributed by atoms with Gasteiger partial charge in [-0.3, -0.25) is 9.48 Å². The van der Waals surface area contributed by atoms with E-state index < -0.39 is 0 Å². The van der Waals surface area contributed by atoms with Crippen LogP contribution in [0.3, 0.4) is 0 Å². The van der Waals surface area contributed by atoms with Crippen molar-refractivity contribution in [3.63, 3.8) is 0 Å². The summed E-state index contributed by atoms with van der Waals surface area (Å²) < 4.78 is 11.8. The van der Waals surface area contributed by atoms with Gasteiger partial charge in [0.05, 0.1) is 31.6 Å². The van der Waals surface area contributed by atoms with Crippen LogP contribution in [0.15, 0.2) is 12.4 Å². The van der Waals surface area contributed by atoms with E-state index in [1.807, 2.05) is 6.92 Å². The van der Waals surface area contributed by atoms with Gasteiger partial charge in [-0.05, 0) is 6.92 Å². The number of aromatic nitrogens is 2. The third-order valence-corrected chi connectivity index (χ3v) is 2.18. The summed E-state index contributed by atoms with van der Waals surface area (Å²) in [7, 11) is 1.62. The molecule has 0 spiro atoms. The average Bonchev–Trinajstić information content (AvgIpc) is 2.77. The molecule has 0 fully saturated rings.